The van der Waals surface area contributed by atoms with E-state index in [1.807, 2.05) is 0 Å². The number of ketones is 1. The number of rotatable bonds is 0. The molecule has 3 aliphatic rings. The molecule has 60 valence electrons. The van der Waals surface area contributed by atoms with E-state index < -0.39 is 0 Å². The predicted octanol–water partition coefficient (Wildman–Crippen LogP) is 2.01. The van der Waals surface area contributed by atoms with E-state index >= 15 is 0 Å². The summed E-state index contributed by atoms with van der Waals surface area (Å²) in [5, 5.41) is 0. The molecule has 0 heterocycles. The van der Waals surface area contributed by atoms with Gasteiger partial charge >= 0.3 is 0 Å². The Morgan fingerprint density at radius 1 is 1.55 bits per heavy atom. The van der Waals surface area contributed by atoms with Crippen molar-refractivity contribution in [3.05, 3.63) is 0 Å². The third-order valence-electron chi connectivity index (χ3n) is 4.21. The summed E-state index contributed by atoms with van der Waals surface area (Å²) in [7, 11) is 0. The summed E-state index contributed by atoms with van der Waals surface area (Å²) >= 11 is 0. The average Bonchev–Trinajstić information content (AvgIpc) is 2.55. The molecule has 0 radical (unpaired) electrons. The molecule has 1 heteroatoms. The fourth-order valence-electron chi connectivity index (χ4n) is 3.75. The van der Waals surface area contributed by atoms with Gasteiger partial charge in [-0.1, -0.05) is 13.3 Å². The van der Waals surface area contributed by atoms with E-state index in [0.29, 0.717) is 17.1 Å². The van der Waals surface area contributed by atoms with Crippen LogP contribution < -0.4 is 0 Å². The third-order valence-corrected chi connectivity index (χ3v) is 4.21. The highest BCUT2D eigenvalue weighted by Crippen LogP contribution is 2.70. The van der Waals surface area contributed by atoms with Gasteiger partial charge in [0.05, 0.1) is 0 Å². The van der Waals surface area contributed by atoms with Crippen molar-refractivity contribution in [3.8, 4) is 0 Å². The number of carbonyl (C=O) groups excluding carboxylic acids is 1. The van der Waals surface area contributed by atoms with Crippen molar-refractivity contribution in [2.24, 2.45) is 23.2 Å². The first kappa shape index (κ1) is 6.22. The zero-order valence-electron chi connectivity index (χ0n) is 6.97. The number of carbonyl (C=O) groups is 1. The van der Waals surface area contributed by atoms with Gasteiger partial charge in [0.1, 0.15) is 5.78 Å². The van der Waals surface area contributed by atoms with Crippen LogP contribution in [0, 0.1) is 23.2 Å². The molecule has 0 bridgehead atoms. The van der Waals surface area contributed by atoms with Gasteiger partial charge in [-0.15, -0.1) is 0 Å². The van der Waals surface area contributed by atoms with Crippen LogP contribution in [0.1, 0.15) is 32.6 Å². The second-order valence-electron chi connectivity index (χ2n) is 4.90. The largest absolute Gasteiger partial charge is 0.299 e. The SMILES string of the molecule is C[C@]12CCC[C@@H]3[C@H](C(=O)C1)[C@@H]32. The summed E-state index contributed by atoms with van der Waals surface area (Å²) in [6.45, 7) is 2.33. The zero-order chi connectivity index (χ0) is 7.64. The first-order valence-corrected chi connectivity index (χ1v) is 4.75. The van der Waals surface area contributed by atoms with E-state index in [9.17, 15) is 4.79 Å². The molecule has 3 saturated carbocycles. The lowest BCUT2D eigenvalue weighted by molar-refractivity contribution is -0.120. The number of fused-ring (bicyclic) bond motifs is 1. The minimum absolute atomic E-state index is 0.449. The lowest BCUT2D eigenvalue weighted by Crippen LogP contribution is -2.23. The fraction of sp³-hybridized carbons (Fsp3) is 0.900. The number of hydrogen-bond donors (Lipinski definition) is 0. The Bertz CT molecular complexity index is 233. The molecule has 0 amide bonds. The van der Waals surface area contributed by atoms with Crippen LogP contribution in [-0.4, -0.2) is 5.78 Å². The summed E-state index contributed by atoms with van der Waals surface area (Å²) in [4.78, 5) is 11.4. The fourth-order valence-corrected chi connectivity index (χ4v) is 3.75. The first-order chi connectivity index (χ1) is 5.22. The number of Topliss-reactive ketones (excluding diaryl/α,β-unsaturated/α-hetero) is 1. The van der Waals surface area contributed by atoms with Gasteiger partial charge in [0, 0.05) is 12.3 Å². The Balaban J connectivity index is 2.01. The van der Waals surface area contributed by atoms with E-state index in [4.69, 9.17) is 0 Å². The lowest BCUT2D eigenvalue weighted by Gasteiger charge is -2.30. The molecule has 0 aromatic heterocycles. The molecule has 3 rings (SSSR count). The van der Waals surface area contributed by atoms with Gasteiger partial charge in [0.2, 0.25) is 0 Å². The highest BCUT2D eigenvalue weighted by Gasteiger charge is 2.68. The van der Waals surface area contributed by atoms with Crippen LogP contribution in [0.3, 0.4) is 0 Å². The van der Waals surface area contributed by atoms with Gasteiger partial charge in [-0.2, -0.15) is 0 Å². The molecule has 0 saturated heterocycles. The van der Waals surface area contributed by atoms with Crippen LogP contribution in [0.25, 0.3) is 0 Å². The smallest absolute Gasteiger partial charge is 0.137 e. The Morgan fingerprint density at radius 2 is 2.36 bits per heavy atom. The monoisotopic (exact) mass is 150 g/mol. The van der Waals surface area contributed by atoms with E-state index in [1.165, 1.54) is 19.3 Å². The Labute approximate surface area is 67.2 Å². The second-order valence-corrected chi connectivity index (χ2v) is 4.90. The molecule has 0 aromatic carbocycles. The van der Waals surface area contributed by atoms with Crippen molar-refractivity contribution < 1.29 is 4.79 Å². The maximum absolute atomic E-state index is 11.4. The van der Waals surface area contributed by atoms with E-state index in [2.05, 4.69) is 6.92 Å². The van der Waals surface area contributed by atoms with Gasteiger partial charge in [-0.3, -0.25) is 4.79 Å². The molecule has 0 aliphatic heterocycles. The van der Waals surface area contributed by atoms with E-state index in [-0.39, 0.29) is 0 Å². The Hall–Kier alpha value is -0.330. The maximum Gasteiger partial charge on any atom is 0.137 e. The second kappa shape index (κ2) is 1.55. The van der Waals surface area contributed by atoms with Gasteiger partial charge in [0.15, 0.2) is 0 Å². The molecule has 11 heavy (non-hydrogen) atoms. The van der Waals surface area contributed by atoms with Crippen molar-refractivity contribution in [1.82, 2.24) is 0 Å². The van der Waals surface area contributed by atoms with Gasteiger partial charge in [0.25, 0.3) is 0 Å². The van der Waals surface area contributed by atoms with Crippen LogP contribution >= 0.6 is 0 Å². The summed E-state index contributed by atoms with van der Waals surface area (Å²) in [5.74, 6) is 2.77. The highest BCUT2D eigenvalue weighted by molar-refractivity contribution is 5.88. The van der Waals surface area contributed by atoms with Crippen molar-refractivity contribution >= 4 is 5.78 Å². The van der Waals surface area contributed by atoms with Crippen molar-refractivity contribution in [2.45, 2.75) is 32.6 Å². The summed E-state index contributed by atoms with van der Waals surface area (Å²) < 4.78 is 0. The molecule has 0 aromatic rings. The van der Waals surface area contributed by atoms with Gasteiger partial charge < -0.3 is 0 Å². The van der Waals surface area contributed by atoms with Crippen LogP contribution in [0.15, 0.2) is 0 Å². The molecule has 3 fully saturated rings. The third kappa shape index (κ3) is 0.567. The first-order valence-electron chi connectivity index (χ1n) is 4.75. The average molecular weight is 150 g/mol. The Kier molecular flexibility index (Phi) is 0.875. The number of hydrogen-bond acceptors (Lipinski definition) is 1. The maximum atomic E-state index is 11.4. The quantitative estimate of drug-likeness (QED) is 0.516. The minimum atomic E-state index is 0.449. The molecule has 1 nitrogen and oxygen atoms in total. The topological polar surface area (TPSA) is 17.1 Å². The summed E-state index contributed by atoms with van der Waals surface area (Å²) in [5.41, 5.74) is 0.449. The molecule has 0 unspecified atom stereocenters. The van der Waals surface area contributed by atoms with Crippen LogP contribution in [0.4, 0.5) is 0 Å². The molecule has 0 N–H and O–H groups in total. The van der Waals surface area contributed by atoms with E-state index in [0.717, 1.165) is 18.3 Å². The van der Waals surface area contributed by atoms with Crippen molar-refractivity contribution in [3.63, 3.8) is 0 Å². The molecule has 0 spiro atoms. The minimum Gasteiger partial charge on any atom is -0.299 e. The summed E-state index contributed by atoms with van der Waals surface area (Å²) in [6, 6.07) is 0. The molecular formula is C10H14O. The van der Waals surface area contributed by atoms with Crippen molar-refractivity contribution in [2.75, 3.05) is 0 Å². The zero-order valence-corrected chi connectivity index (χ0v) is 6.97. The normalized spacial score (nSPS) is 59.4. The lowest BCUT2D eigenvalue weighted by atomic mass is 9.74. The van der Waals surface area contributed by atoms with Crippen molar-refractivity contribution in [1.29, 1.82) is 0 Å². The standard InChI is InChI=1S/C10H14O/c1-10-4-2-3-6-8(9(6)10)7(11)5-10/h6,8-9H,2-5H2,1H3/t6-,8-,9-,10+/m1/s1. The summed E-state index contributed by atoms with van der Waals surface area (Å²) in [6.07, 6.45) is 4.94. The molecular weight excluding hydrogens is 136 g/mol. The predicted molar refractivity (Wildman–Crippen MR) is 42.1 cm³/mol. The highest BCUT2D eigenvalue weighted by atomic mass is 16.1. The van der Waals surface area contributed by atoms with Gasteiger partial charge in [-0.05, 0) is 30.1 Å². The van der Waals surface area contributed by atoms with Crippen LogP contribution in [0.2, 0.25) is 0 Å². The molecule has 4 atom stereocenters. The van der Waals surface area contributed by atoms with E-state index in [1.54, 1.807) is 0 Å². The van der Waals surface area contributed by atoms with Crippen LogP contribution in [-0.2, 0) is 4.79 Å². The van der Waals surface area contributed by atoms with Gasteiger partial charge in [-0.25, -0.2) is 0 Å². The Morgan fingerprint density at radius 3 is 3.00 bits per heavy atom. The molecule has 3 aliphatic carbocycles. The van der Waals surface area contributed by atoms with Crippen LogP contribution in [0.5, 0.6) is 0 Å².